The van der Waals surface area contributed by atoms with Crippen LogP contribution in [0.25, 0.3) is 21.9 Å². The molecule has 1 amide bonds. The van der Waals surface area contributed by atoms with Gasteiger partial charge in [-0.15, -0.1) is 11.3 Å². The Labute approximate surface area is 207 Å². The number of thiocarbonyl (C=S) groups is 1. The molecule has 5 nitrogen and oxygen atoms in total. The monoisotopic (exact) mass is 488 g/mol. The van der Waals surface area contributed by atoms with Gasteiger partial charge in [0.25, 0.3) is 0 Å². The van der Waals surface area contributed by atoms with Gasteiger partial charge in [0, 0.05) is 10.9 Å². The number of anilines is 1. The van der Waals surface area contributed by atoms with E-state index in [2.05, 4.69) is 10.6 Å². The maximum absolute atomic E-state index is 12.8. The molecule has 7 heteroatoms. The predicted molar refractivity (Wildman–Crippen MR) is 142 cm³/mol. The lowest BCUT2D eigenvalue weighted by Crippen LogP contribution is -2.35. The Morgan fingerprint density at radius 1 is 1.00 bits per heavy atom. The van der Waals surface area contributed by atoms with Crippen molar-refractivity contribution in [2.75, 3.05) is 11.9 Å². The highest BCUT2D eigenvalue weighted by atomic mass is 32.1. The molecule has 0 aliphatic carbocycles. The standard InChI is InChI=1S/C27H24N2O3S2/c1-3-32-26(31)24-22(19-13-11-17(2)12-14-19)16-34-25(24)29-27(33)28-23(30)15-20-9-6-8-18-7-4-5-10-21(18)20/h4-14,16H,3,15H2,1-2H3,(H2,28,29,30,33). The van der Waals surface area contributed by atoms with Crippen LogP contribution in [0.1, 0.15) is 28.4 Å². The van der Waals surface area contributed by atoms with E-state index in [-0.39, 0.29) is 24.0 Å². The Bertz CT molecular complexity index is 1350. The molecule has 0 unspecified atom stereocenters. The number of benzene rings is 3. The highest BCUT2D eigenvalue weighted by Crippen LogP contribution is 2.36. The van der Waals surface area contributed by atoms with Crippen molar-refractivity contribution < 1.29 is 14.3 Å². The van der Waals surface area contributed by atoms with Crippen LogP contribution in [0.15, 0.2) is 72.1 Å². The van der Waals surface area contributed by atoms with Gasteiger partial charge in [-0.1, -0.05) is 72.3 Å². The van der Waals surface area contributed by atoms with Gasteiger partial charge < -0.3 is 15.4 Å². The van der Waals surface area contributed by atoms with E-state index in [1.165, 1.54) is 11.3 Å². The Morgan fingerprint density at radius 3 is 2.50 bits per heavy atom. The topological polar surface area (TPSA) is 67.4 Å². The third-order valence-electron chi connectivity index (χ3n) is 5.34. The van der Waals surface area contributed by atoms with Gasteiger partial charge in [-0.3, -0.25) is 4.79 Å². The first-order valence-electron chi connectivity index (χ1n) is 10.9. The van der Waals surface area contributed by atoms with E-state index in [9.17, 15) is 9.59 Å². The maximum atomic E-state index is 12.8. The van der Waals surface area contributed by atoms with Crippen molar-refractivity contribution in [1.82, 2.24) is 5.32 Å². The first-order valence-corrected chi connectivity index (χ1v) is 12.2. The normalized spacial score (nSPS) is 10.6. The van der Waals surface area contributed by atoms with Gasteiger partial charge in [0.15, 0.2) is 5.11 Å². The molecule has 0 spiro atoms. The third kappa shape index (κ3) is 5.32. The van der Waals surface area contributed by atoms with Crippen LogP contribution in [0.2, 0.25) is 0 Å². The summed E-state index contributed by atoms with van der Waals surface area (Å²) in [6, 6.07) is 21.7. The fourth-order valence-electron chi connectivity index (χ4n) is 3.73. The third-order valence-corrected chi connectivity index (χ3v) is 6.44. The Hall–Kier alpha value is -3.55. The summed E-state index contributed by atoms with van der Waals surface area (Å²) >= 11 is 6.73. The molecule has 1 heterocycles. The van der Waals surface area contributed by atoms with Crippen LogP contribution in [-0.2, 0) is 16.0 Å². The second-order valence-corrected chi connectivity index (χ2v) is 9.05. The lowest BCUT2D eigenvalue weighted by Gasteiger charge is -2.12. The van der Waals surface area contributed by atoms with Crippen molar-refractivity contribution in [3.63, 3.8) is 0 Å². The van der Waals surface area contributed by atoms with E-state index in [4.69, 9.17) is 17.0 Å². The molecular weight excluding hydrogens is 464 g/mol. The Kier molecular flexibility index (Phi) is 7.35. The van der Waals surface area contributed by atoms with Crippen LogP contribution in [0.3, 0.4) is 0 Å². The van der Waals surface area contributed by atoms with Crippen LogP contribution >= 0.6 is 23.6 Å². The predicted octanol–water partition coefficient (Wildman–Crippen LogP) is 6.11. The van der Waals surface area contributed by atoms with E-state index >= 15 is 0 Å². The Morgan fingerprint density at radius 2 is 1.74 bits per heavy atom. The summed E-state index contributed by atoms with van der Waals surface area (Å²) in [5.74, 6) is -0.673. The summed E-state index contributed by atoms with van der Waals surface area (Å²) in [7, 11) is 0. The molecule has 4 rings (SSSR count). The molecule has 0 bridgehead atoms. The number of carbonyl (C=O) groups is 2. The molecule has 4 aromatic rings. The lowest BCUT2D eigenvalue weighted by atomic mass is 10.0. The highest BCUT2D eigenvalue weighted by Gasteiger charge is 2.22. The van der Waals surface area contributed by atoms with Crippen molar-refractivity contribution in [1.29, 1.82) is 0 Å². The zero-order chi connectivity index (χ0) is 24.1. The van der Waals surface area contributed by atoms with Gasteiger partial charge in [-0.25, -0.2) is 4.79 Å². The first kappa shape index (κ1) is 23.6. The number of fused-ring (bicyclic) bond motifs is 1. The number of carbonyl (C=O) groups excluding carboxylic acids is 2. The number of rotatable bonds is 6. The van der Waals surface area contributed by atoms with Gasteiger partial charge in [-0.2, -0.15) is 0 Å². The fraction of sp³-hybridized carbons (Fsp3) is 0.148. The second-order valence-electron chi connectivity index (χ2n) is 7.76. The number of ether oxygens (including phenoxy) is 1. The number of hydrogen-bond acceptors (Lipinski definition) is 5. The molecule has 34 heavy (non-hydrogen) atoms. The molecule has 1 aromatic heterocycles. The van der Waals surface area contributed by atoms with Crippen LogP contribution in [0.5, 0.6) is 0 Å². The number of amides is 1. The molecule has 0 radical (unpaired) electrons. The zero-order valence-electron chi connectivity index (χ0n) is 18.9. The molecular formula is C27H24N2O3S2. The number of nitrogens with one attached hydrogen (secondary N) is 2. The molecule has 0 saturated carbocycles. The summed E-state index contributed by atoms with van der Waals surface area (Å²) in [6.07, 6.45) is 0.187. The molecule has 172 valence electrons. The van der Waals surface area contributed by atoms with Crippen molar-refractivity contribution in [3.05, 3.63) is 88.8 Å². The summed E-state index contributed by atoms with van der Waals surface area (Å²) in [5.41, 5.74) is 4.12. The minimum atomic E-state index is -0.438. The lowest BCUT2D eigenvalue weighted by molar-refractivity contribution is -0.119. The molecule has 2 N–H and O–H groups in total. The number of esters is 1. The zero-order valence-corrected chi connectivity index (χ0v) is 20.5. The van der Waals surface area contributed by atoms with Crippen LogP contribution < -0.4 is 10.6 Å². The van der Waals surface area contributed by atoms with Gasteiger partial charge in [0.05, 0.1) is 13.0 Å². The van der Waals surface area contributed by atoms with Gasteiger partial charge >= 0.3 is 5.97 Å². The van der Waals surface area contributed by atoms with E-state index in [0.717, 1.165) is 33.0 Å². The summed E-state index contributed by atoms with van der Waals surface area (Å²) in [4.78, 5) is 25.5. The smallest absolute Gasteiger partial charge is 0.341 e. The molecule has 3 aromatic carbocycles. The average Bonchev–Trinajstić information content (AvgIpc) is 3.23. The minimum Gasteiger partial charge on any atom is -0.462 e. The van der Waals surface area contributed by atoms with Gasteiger partial charge in [-0.05, 0) is 48.0 Å². The van der Waals surface area contributed by atoms with E-state index in [1.807, 2.05) is 79.0 Å². The SMILES string of the molecule is CCOC(=O)c1c(-c2ccc(C)cc2)csc1NC(=S)NC(=O)Cc1cccc2ccccc12. The van der Waals surface area contributed by atoms with E-state index < -0.39 is 5.97 Å². The number of thiophene rings is 1. The second kappa shape index (κ2) is 10.6. The van der Waals surface area contributed by atoms with Gasteiger partial charge in [0.2, 0.25) is 5.91 Å². The molecule has 0 atom stereocenters. The van der Waals surface area contributed by atoms with Crippen LogP contribution in [0.4, 0.5) is 5.00 Å². The van der Waals surface area contributed by atoms with Crippen LogP contribution in [-0.4, -0.2) is 23.6 Å². The molecule has 0 fully saturated rings. The van der Waals surface area contributed by atoms with Crippen molar-refractivity contribution in [2.45, 2.75) is 20.3 Å². The van der Waals surface area contributed by atoms with E-state index in [0.29, 0.717) is 10.6 Å². The quantitative estimate of drug-likeness (QED) is 0.253. The fourth-order valence-corrected chi connectivity index (χ4v) is 4.97. The summed E-state index contributed by atoms with van der Waals surface area (Å²) in [5, 5.41) is 10.4. The Balaban J connectivity index is 1.51. The minimum absolute atomic E-state index is 0.132. The van der Waals surface area contributed by atoms with Crippen molar-refractivity contribution >= 4 is 56.3 Å². The number of hydrogen-bond donors (Lipinski definition) is 2. The average molecular weight is 489 g/mol. The molecule has 0 saturated heterocycles. The first-order chi connectivity index (χ1) is 16.5. The highest BCUT2D eigenvalue weighted by molar-refractivity contribution is 7.80. The maximum Gasteiger partial charge on any atom is 0.341 e. The molecule has 0 aliphatic heterocycles. The largest absolute Gasteiger partial charge is 0.462 e. The van der Waals surface area contributed by atoms with Crippen molar-refractivity contribution in [3.8, 4) is 11.1 Å². The van der Waals surface area contributed by atoms with E-state index in [1.54, 1.807) is 6.92 Å². The van der Waals surface area contributed by atoms with Crippen LogP contribution in [0, 0.1) is 6.92 Å². The number of aryl methyl sites for hydroxylation is 1. The molecule has 0 aliphatic rings. The van der Waals surface area contributed by atoms with Gasteiger partial charge in [0.1, 0.15) is 10.6 Å². The summed E-state index contributed by atoms with van der Waals surface area (Å²) in [6.45, 7) is 4.03. The summed E-state index contributed by atoms with van der Waals surface area (Å²) < 4.78 is 5.29. The van der Waals surface area contributed by atoms with Crippen molar-refractivity contribution in [2.24, 2.45) is 0 Å².